The van der Waals surface area contributed by atoms with Gasteiger partial charge >= 0.3 is 0 Å². The summed E-state index contributed by atoms with van der Waals surface area (Å²) in [4.78, 5) is 2.53. The topological polar surface area (TPSA) is 29.3 Å². The molecule has 1 heterocycles. The van der Waals surface area contributed by atoms with Gasteiger partial charge in [-0.15, -0.1) is 0 Å². The molecular weight excluding hydrogens is 280 g/mol. The van der Waals surface area contributed by atoms with Gasteiger partial charge in [-0.05, 0) is 62.1 Å². The third kappa shape index (κ3) is 3.22. The van der Waals surface area contributed by atoms with Crippen LogP contribution in [0.2, 0.25) is 5.02 Å². The van der Waals surface area contributed by atoms with Gasteiger partial charge in [0.2, 0.25) is 0 Å². The smallest absolute Gasteiger partial charge is 0.0459 e. The monoisotopic (exact) mass is 306 g/mol. The molecule has 1 aromatic rings. The molecular formula is C18H27ClN2. The Morgan fingerprint density at radius 3 is 2.48 bits per heavy atom. The molecule has 1 atom stereocenters. The predicted octanol–water partition coefficient (Wildman–Crippen LogP) is 4.39. The van der Waals surface area contributed by atoms with Crippen molar-refractivity contribution in [2.45, 2.75) is 57.9 Å². The normalized spacial score (nSPS) is 22.7. The van der Waals surface area contributed by atoms with Crippen molar-refractivity contribution in [3.8, 4) is 0 Å². The molecule has 2 nitrogen and oxygen atoms in total. The molecule has 0 bridgehead atoms. The zero-order chi connectivity index (χ0) is 14.9. The molecule has 0 radical (unpaired) electrons. The van der Waals surface area contributed by atoms with Crippen LogP contribution in [0.25, 0.3) is 0 Å². The average molecular weight is 307 g/mol. The molecule has 1 spiro atoms. The molecule has 3 rings (SSSR count). The van der Waals surface area contributed by atoms with Crippen LogP contribution in [0.4, 0.5) is 5.69 Å². The Morgan fingerprint density at radius 1 is 1.19 bits per heavy atom. The van der Waals surface area contributed by atoms with Gasteiger partial charge in [0.25, 0.3) is 0 Å². The molecule has 2 N–H and O–H groups in total. The largest absolute Gasteiger partial charge is 0.371 e. The van der Waals surface area contributed by atoms with Gasteiger partial charge in [-0.3, -0.25) is 0 Å². The van der Waals surface area contributed by atoms with Crippen molar-refractivity contribution >= 4 is 17.3 Å². The van der Waals surface area contributed by atoms with Crippen molar-refractivity contribution in [2.24, 2.45) is 11.1 Å². The summed E-state index contributed by atoms with van der Waals surface area (Å²) in [6.07, 6.45) is 9.32. The lowest BCUT2D eigenvalue weighted by molar-refractivity contribution is 0.226. The number of nitrogens with two attached hydrogens (primary N) is 1. The van der Waals surface area contributed by atoms with E-state index in [-0.39, 0.29) is 6.04 Å². The summed E-state index contributed by atoms with van der Waals surface area (Å²) in [5.41, 5.74) is 9.22. The van der Waals surface area contributed by atoms with E-state index in [2.05, 4.69) is 24.0 Å². The fraction of sp³-hybridized carbons (Fsp3) is 0.667. The first-order chi connectivity index (χ1) is 10.1. The fourth-order valence-electron chi connectivity index (χ4n) is 4.21. The van der Waals surface area contributed by atoms with Crippen LogP contribution in [0.15, 0.2) is 18.2 Å². The van der Waals surface area contributed by atoms with Crippen molar-refractivity contribution in [3.63, 3.8) is 0 Å². The minimum atomic E-state index is 0.148. The van der Waals surface area contributed by atoms with Crippen LogP contribution in [0, 0.1) is 5.41 Å². The highest BCUT2D eigenvalue weighted by molar-refractivity contribution is 6.31. The van der Waals surface area contributed by atoms with E-state index in [1.807, 2.05) is 6.07 Å². The molecule has 1 aliphatic heterocycles. The molecule has 2 aliphatic rings. The average Bonchev–Trinajstić information content (AvgIpc) is 2.90. The summed E-state index contributed by atoms with van der Waals surface area (Å²) in [5, 5.41) is 0.867. The number of hydrogen-bond acceptors (Lipinski definition) is 2. The Balaban J connectivity index is 1.77. The van der Waals surface area contributed by atoms with E-state index in [9.17, 15) is 0 Å². The summed E-state index contributed by atoms with van der Waals surface area (Å²) in [6.45, 7) is 4.40. The van der Waals surface area contributed by atoms with Gasteiger partial charge in [-0.2, -0.15) is 0 Å². The zero-order valence-corrected chi connectivity index (χ0v) is 13.8. The number of benzene rings is 1. The first kappa shape index (κ1) is 15.2. The summed E-state index contributed by atoms with van der Waals surface area (Å²) in [6, 6.07) is 6.43. The molecule has 1 aliphatic carbocycles. The molecule has 0 amide bonds. The van der Waals surface area contributed by atoms with Gasteiger partial charge in [0.05, 0.1) is 0 Å². The van der Waals surface area contributed by atoms with E-state index < -0.39 is 0 Å². The SMILES string of the molecule is CC(N)Cc1c(Cl)cccc1N1CCC2(CCCC2)CC1. The molecule has 2 fully saturated rings. The second kappa shape index (κ2) is 6.18. The van der Waals surface area contributed by atoms with Gasteiger partial charge in [-0.1, -0.05) is 30.5 Å². The molecule has 1 saturated carbocycles. The standard InChI is InChI=1S/C18H27ClN2/c1-14(20)13-15-16(19)5-4-6-17(15)21-11-9-18(10-12-21)7-2-3-8-18/h4-6,14H,2-3,7-13,20H2,1H3. The van der Waals surface area contributed by atoms with Gasteiger partial charge in [0.1, 0.15) is 0 Å². The van der Waals surface area contributed by atoms with Crippen molar-refractivity contribution in [3.05, 3.63) is 28.8 Å². The lowest BCUT2D eigenvalue weighted by Crippen LogP contribution is -2.39. The Labute approximate surface area is 133 Å². The lowest BCUT2D eigenvalue weighted by Gasteiger charge is -2.41. The van der Waals surface area contributed by atoms with Gasteiger partial charge in [0, 0.05) is 29.8 Å². The number of halogens is 1. The maximum atomic E-state index is 6.43. The Bertz CT molecular complexity index is 482. The van der Waals surface area contributed by atoms with E-state index in [0.717, 1.165) is 11.4 Å². The van der Waals surface area contributed by atoms with Gasteiger partial charge in [-0.25, -0.2) is 0 Å². The molecule has 0 aromatic heterocycles. The number of anilines is 1. The number of piperidine rings is 1. The third-order valence-corrected chi connectivity index (χ3v) is 5.80. The molecule has 1 aromatic carbocycles. The van der Waals surface area contributed by atoms with Crippen LogP contribution in [0.1, 0.15) is 51.0 Å². The highest BCUT2D eigenvalue weighted by Crippen LogP contribution is 2.47. The molecule has 21 heavy (non-hydrogen) atoms. The Hall–Kier alpha value is -0.730. The van der Waals surface area contributed by atoms with Crippen molar-refractivity contribution in [1.29, 1.82) is 0 Å². The fourth-order valence-corrected chi connectivity index (χ4v) is 4.46. The van der Waals surface area contributed by atoms with Crippen LogP contribution < -0.4 is 10.6 Å². The number of rotatable bonds is 3. The highest BCUT2D eigenvalue weighted by Gasteiger charge is 2.37. The summed E-state index contributed by atoms with van der Waals surface area (Å²) < 4.78 is 0. The van der Waals surface area contributed by atoms with E-state index in [4.69, 9.17) is 17.3 Å². The van der Waals surface area contributed by atoms with Crippen molar-refractivity contribution < 1.29 is 0 Å². The molecule has 3 heteroatoms. The zero-order valence-electron chi connectivity index (χ0n) is 13.1. The predicted molar refractivity (Wildman–Crippen MR) is 91.2 cm³/mol. The van der Waals surface area contributed by atoms with Gasteiger partial charge < -0.3 is 10.6 Å². The molecule has 116 valence electrons. The second-order valence-corrected chi connectivity index (χ2v) is 7.52. The van der Waals surface area contributed by atoms with Crippen LogP contribution >= 0.6 is 11.6 Å². The number of nitrogens with zero attached hydrogens (tertiary/aromatic N) is 1. The highest BCUT2D eigenvalue weighted by atomic mass is 35.5. The van der Waals surface area contributed by atoms with E-state index >= 15 is 0 Å². The number of hydrogen-bond donors (Lipinski definition) is 1. The van der Waals surface area contributed by atoms with Crippen molar-refractivity contribution in [2.75, 3.05) is 18.0 Å². The van der Waals surface area contributed by atoms with E-state index in [1.54, 1.807) is 0 Å². The first-order valence-corrected chi connectivity index (χ1v) is 8.75. The quantitative estimate of drug-likeness (QED) is 0.897. The summed E-state index contributed by atoms with van der Waals surface area (Å²) in [7, 11) is 0. The van der Waals surface area contributed by atoms with Crippen molar-refractivity contribution in [1.82, 2.24) is 0 Å². The second-order valence-electron chi connectivity index (χ2n) is 7.11. The van der Waals surface area contributed by atoms with Crippen LogP contribution in [-0.2, 0) is 6.42 Å². The summed E-state index contributed by atoms with van der Waals surface area (Å²) in [5.74, 6) is 0. The lowest BCUT2D eigenvalue weighted by atomic mass is 9.77. The molecule has 1 unspecified atom stereocenters. The van der Waals surface area contributed by atoms with E-state index in [0.29, 0.717) is 5.41 Å². The minimum Gasteiger partial charge on any atom is -0.371 e. The first-order valence-electron chi connectivity index (χ1n) is 8.38. The van der Waals surface area contributed by atoms with Crippen LogP contribution in [0.5, 0.6) is 0 Å². The Kier molecular flexibility index (Phi) is 4.46. The maximum Gasteiger partial charge on any atom is 0.0459 e. The van der Waals surface area contributed by atoms with Crippen LogP contribution in [0.3, 0.4) is 0 Å². The van der Waals surface area contributed by atoms with E-state index in [1.165, 1.54) is 62.9 Å². The summed E-state index contributed by atoms with van der Waals surface area (Å²) >= 11 is 6.43. The van der Waals surface area contributed by atoms with Gasteiger partial charge in [0.15, 0.2) is 0 Å². The van der Waals surface area contributed by atoms with Crippen LogP contribution in [-0.4, -0.2) is 19.1 Å². The molecule has 1 saturated heterocycles. The minimum absolute atomic E-state index is 0.148. The maximum absolute atomic E-state index is 6.43. The Morgan fingerprint density at radius 2 is 1.86 bits per heavy atom. The third-order valence-electron chi connectivity index (χ3n) is 5.45.